The number of nitrogens with one attached hydrogen (secondary N) is 1. The van der Waals surface area contributed by atoms with Gasteiger partial charge in [0, 0.05) is 42.8 Å². The first-order valence-corrected chi connectivity index (χ1v) is 18.8. The number of nitrogens with zero attached hydrogens (tertiary/aromatic N) is 3. The number of ether oxygens (including phenoxy) is 2. The molecule has 6 aromatic rings. The SMILES string of the molecule is Cc1ccc(S(=O)(=O)n2cc(-c3cccc(N[C@H](C)c4ccccc4)c3)c3c(Oc4ccc5c(c4)CN(C(=O)OC(C)(C)C)CC5)ccnc32)cc1. The van der Waals surface area contributed by atoms with Gasteiger partial charge in [0.25, 0.3) is 10.0 Å². The van der Waals surface area contributed by atoms with Crippen LogP contribution in [0.25, 0.3) is 22.2 Å². The Morgan fingerprint density at radius 1 is 0.904 bits per heavy atom. The van der Waals surface area contributed by atoms with Crippen molar-refractivity contribution in [2.45, 2.75) is 64.1 Å². The maximum Gasteiger partial charge on any atom is 0.410 e. The lowest BCUT2D eigenvalue weighted by Gasteiger charge is -2.31. The van der Waals surface area contributed by atoms with E-state index in [9.17, 15) is 13.2 Å². The average molecular weight is 715 g/mol. The molecule has 266 valence electrons. The van der Waals surface area contributed by atoms with Crippen LogP contribution in [0.4, 0.5) is 10.5 Å². The molecule has 1 amide bonds. The van der Waals surface area contributed by atoms with Crippen molar-refractivity contribution in [3.05, 3.63) is 138 Å². The van der Waals surface area contributed by atoms with Crippen molar-refractivity contribution in [1.29, 1.82) is 0 Å². The normalized spacial score (nSPS) is 13.8. The Hall–Kier alpha value is -5.61. The second kappa shape index (κ2) is 13.8. The highest BCUT2D eigenvalue weighted by atomic mass is 32.2. The van der Waals surface area contributed by atoms with Gasteiger partial charge in [-0.3, -0.25) is 0 Å². The van der Waals surface area contributed by atoms with E-state index in [2.05, 4.69) is 29.4 Å². The largest absolute Gasteiger partial charge is 0.457 e. The van der Waals surface area contributed by atoms with Gasteiger partial charge >= 0.3 is 6.09 Å². The Bertz CT molecular complexity index is 2360. The van der Waals surface area contributed by atoms with Gasteiger partial charge in [0.2, 0.25) is 0 Å². The Balaban J connectivity index is 1.29. The van der Waals surface area contributed by atoms with Crippen molar-refractivity contribution in [1.82, 2.24) is 13.9 Å². The summed E-state index contributed by atoms with van der Waals surface area (Å²) >= 11 is 0. The molecule has 10 heteroatoms. The smallest absolute Gasteiger partial charge is 0.410 e. The molecule has 1 aliphatic rings. The van der Waals surface area contributed by atoms with Crippen LogP contribution in [-0.2, 0) is 27.7 Å². The second-order valence-corrected chi connectivity index (χ2v) is 16.0. The van der Waals surface area contributed by atoms with Crippen LogP contribution >= 0.6 is 0 Å². The molecule has 1 aliphatic heterocycles. The Labute approximate surface area is 304 Å². The molecular formula is C42H42N4O5S. The third-order valence-corrected chi connectivity index (χ3v) is 10.8. The fraction of sp³-hybridized carbons (Fsp3) is 0.238. The number of fused-ring (bicyclic) bond motifs is 2. The first-order valence-electron chi connectivity index (χ1n) is 17.4. The van der Waals surface area contributed by atoms with Gasteiger partial charge in [-0.15, -0.1) is 0 Å². The minimum Gasteiger partial charge on any atom is -0.457 e. The fourth-order valence-electron chi connectivity index (χ4n) is 6.47. The van der Waals surface area contributed by atoms with Crippen molar-refractivity contribution in [3.63, 3.8) is 0 Å². The zero-order valence-corrected chi connectivity index (χ0v) is 30.8. The van der Waals surface area contributed by atoms with Gasteiger partial charge in [-0.2, -0.15) is 0 Å². The van der Waals surface area contributed by atoms with E-state index < -0.39 is 15.6 Å². The quantitative estimate of drug-likeness (QED) is 0.168. The summed E-state index contributed by atoms with van der Waals surface area (Å²) < 4.78 is 41.9. The second-order valence-electron chi connectivity index (χ2n) is 14.2. The lowest BCUT2D eigenvalue weighted by atomic mass is 9.99. The molecular weight excluding hydrogens is 673 g/mol. The standard InChI is InChI=1S/C42H42N4O5S/c1-28-14-18-36(19-15-28)52(48,49)46-27-37(32-12-9-13-34(24-32)44-29(2)30-10-7-6-8-11-30)39-38(20-22-43-40(39)46)50-35-17-16-31-21-23-45(26-33(31)25-35)41(47)51-42(3,4)5/h6-20,22,24-25,27,29,44H,21,23,26H2,1-5H3/t29-/m1/s1. The molecule has 52 heavy (non-hydrogen) atoms. The molecule has 0 fully saturated rings. The highest BCUT2D eigenvalue weighted by Gasteiger charge is 2.28. The van der Waals surface area contributed by atoms with Crippen molar-refractivity contribution in [2.24, 2.45) is 0 Å². The van der Waals surface area contributed by atoms with Crippen molar-refractivity contribution in [3.8, 4) is 22.6 Å². The number of carbonyl (C=O) groups excluding carboxylic acids is 1. The summed E-state index contributed by atoms with van der Waals surface area (Å²) in [5, 5.41) is 4.14. The van der Waals surface area contributed by atoms with Crippen molar-refractivity contribution in [2.75, 3.05) is 11.9 Å². The first-order chi connectivity index (χ1) is 24.9. The molecule has 0 saturated carbocycles. The van der Waals surface area contributed by atoms with E-state index in [1.165, 1.54) is 3.97 Å². The van der Waals surface area contributed by atoms with Crippen molar-refractivity contribution < 1.29 is 22.7 Å². The molecule has 3 heterocycles. The maximum absolute atomic E-state index is 14.2. The third-order valence-electron chi connectivity index (χ3n) is 9.12. The number of amides is 1. The van der Waals surface area contributed by atoms with Crippen molar-refractivity contribution >= 4 is 32.8 Å². The number of pyridine rings is 1. The molecule has 0 bridgehead atoms. The number of hydrogen-bond donors (Lipinski definition) is 1. The van der Waals surface area contributed by atoms with E-state index >= 15 is 0 Å². The number of rotatable bonds is 8. The van der Waals surface area contributed by atoms with E-state index in [4.69, 9.17) is 9.47 Å². The fourth-order valence-corrected chi connectivity index (χ4v) is 7.78. The first kappa shape index (κ1) is 34.8. The number of aromatic nitrogens is 2. The predicted octanol–water partition coefficient (Wildman–Crippen LogP) is 9.51. The number of benzene rings is 4. The monoisotopic (exact) mass is 714 g/mol. The maximum atomic E-state index is 14.2. The van der Waals surface area contributed by atoms with Gasteiger partial charge < -0.3 is 19.7 Å². The van der Waals surface area contributed by atoms with Crippen LogP contribution in [0.2, 0.25) is 0 Å². The topological polar surface area (TPSA) is 103 Å². The van der Waals surface area contributed by atoms with E-state index in [1.807, 2.05) is 88.4 Å². The van der Waals surface area contributed by atoms with Gasteiger partial charge in [0.1, 0.15) is 17.1 Å². The zero-order chi connectivity index (χ0) is 36.6. The van der Waals surface area contributed by atoms with E-state index in [1.54, 1.807) is 47.6 Å². The molecule has 0 radical (unpaired) electrons. The Morgan fingerprint density at radius 2 is 1.67 bits per heavy atom. The average Bonchev–Trinajstić information content (AvgIpc) is 3.53. The number of anilines is 1. The minimum atomic E-state index is -4.03. The summed E-state index contributed by atoms with van der Waals surface area (Å²) in [7, 11) is -4.03. The van der Waals surface area contributed by atoms with Crippen LogP contribution in [0.5, 0.6) is 11.5 Å². The summed E-state index contributed by atoms with van der Waals surface area (Å²) in [4.78, 5) is 19.4. The summed E-state index contributed by atoms with van der Waals surface area (Å²) in [6.07, 6.45) is 3.54. The lowest BCUT2D eigenvalue weighted by Crippen LogP contribution is -2.39. The summed E-state index contributed by atoms with van der Waals surface area (Å²) in [6.45, 7) is 10.5. The van der Waals surface area contributed by atoms with Crippen LogP contribution in [0, 0.1) is 6.92 Å². The summed E-state index contributed by atoms with van der Waals surface area (Å²) in [5.74, 6) is 1.01. The van der Waals surface area contributed by atoms with Gasteiger partial charge in [-0.25, -0.2) is 22.2 Å². The van der Waals surface area contributed by atoms with Gasteiger partial charge in [-0.05, 0) is 106 Å². The van der Waals surface area contributed by atoms with Crippen LogP contribution in [0.3, 0.4) is 0 Å². The highest BCUT2D eigenvalue weighted by molar-refractivity contribution is 7.90. The van der Waals surface area contributed by atoms with E-state index in [0.717, 1.165) is 33.5 Å². The predicted molar refractivity (Wildman–Crippen MR) is 204 cm³/mol. The minimum absolute atomic E-state index is 0.0375. The van der Waals surface area contributed by atoms with Crippen LogP contribution < -0.4 is 10.1 Å². The molecule has 0 spiro atoms. The molecule has 9 nitrogen and oxygen atoms in total. The van der Waals surface area contributed by atoms with Crippen LogP contribution in [-0.4, -0.2) is 40.5 Å². The molecule has 7 rings (SSSR count). The van der Waals surface area contributed by atoms with E-state index in [-0.39, 0.29) is 22.7 Å². The molecule has 0 saturated heterocycles. The molecule has 0 unspecified atom stereocenters. The molecule has 4 aromatic carbocycles. The summed E-state index contributed by atoms with van der Waals surface area (Å²) in [5.41, 5.74) is 6.19. The highest BCUT2D eigenvalue weighted by Crippen LogP contribution is 2.41. The zero-order valence-electron chi connectivity index (χ0n) is 30.0. The molecule has 1 atom stereocenters. The van der Waals surface area contributed by atoms with Crippen LogP contribution in [0.15, 0.2) is 120 Å². The van der Waals surface area contributed by atoms with Gasteiger partial charge in [0.15, 0.2) is 5.65 Å². The molecule has 0 aliphatic carbocycles. The van der Waals surface area contributed by atoms with Gasteiger partial charge in [-0.1, -0.05) is 66.2 Å². The lowest BCUT2D eigenvalue weighted by molar-refractivity contribution is 0.0223. The van der Waals surface area contributed by atoms with Crippen LogP contribution in [0.1, 0.15) is 56.0 Å². The number of aryl methyl sites for hydroxylation is 1. The van der Waals surface area contributed by atoms with E-state index in [0.29, 0.717) is 42.0 Å². The third kappa shape index (κ3) is 7.25. The number of hydrogen-bond acceptors (Lipinski definition) is 7. The molecule has 2 aromatic heterocycles. The Kier molecular flexibility index (Phi) is 9.27. The van der Waals surface area contributed by atoms with Gasteiger partial charge in [0.05, 0.1) is 10.3 Å². The Morgan fingerprint density at radius 3 is 2.42 bits per heavy atom. The molecule has 1 N–H and O–H groups in total. The number of carbonyl (C=O) groups is 1. The summed E-state index contributed by atoms with van der Waals surface area (Å²) in [6, 6.07) is 32.5.